The Labute approximate surface area is 150 Å². The van der Waals surface area contributed by atoms with Gasteiger partial charge in [0.05, 0.1) is 4.90 Å². The van der Waals surface area contributed by atoms with Crippen molar-refractivity contribution in [3.05, 3.63) is 64.7 Å². The van der Waals surface area contributed by atoms with E-state index in [1.165, 1.54) is 31.2 Å². The molecule has 1 amide bonds. The van der Waals surface area contributed by atoms with Crippen molar-refractivity contribution in [1.29, 1.82) is 5.26 Å². The topological polar surface area (TPSA) is 99.1 Å². The summed E-state index contributed by atoms with van der Waals surface area (Å²) in [6, 6.07) is 13.8. The van der Waals surface area contributed by atoms with Crippen LogP contribution < -0.4 is 10.6 Å². The van der Waals surface area contributed by atoms with Gasteiger partial charge in [0.1, 0.15) is 6.07 Å². The van der Waals surface area contributed by atoms with Crippen LogP contribution in [0.4, 0.5) is 11.4 Å². The molecule has 2 N–H and O–H groups in total. The largest absolute Gasteiger partial charge is 0.360 e. The van der Waals surface area contributed by atoms with Crippen molar-refractivity contribution in [3.8, 4) is 6.07 Å². The summed E-state index contributed by atoms with van der Waals surface area (Å²) in [6.07, 6.45) is 1.12. The summed E-state index contributed by atoms with van der Waals surface area (Å²) in [4.78, 5) is 10.5. The van der Waals surface area contributed by atoms with Crippen molar-refractivity contribution in [3.63, 3.8) is 0 Å². The lowest BCUT2D eigenvalue weighted by Crippen LogP contribution is -2.06. The summed E-state index contributed by atoms with van der Waals surface area (Å²) in [5.41, 5.74) is 1.17. The molecule has 128 valence electrons. The summed E-state index contributed by atoms with van der Waals surface area (Å²) in [5.74, 6) is -0.193. The van der Waals surface area contributed by atoms with E-state index in [-0.39, 0.29) is 10.8 Å². The van der Waals surface area contributed by atoms with Gasteiger partial charge in [-0.25, -0.2) is 8.42 Å². The quantitative estimate of drug-likeness (QED) is 0.778. The molecule has 8 heteroatoms. The molecule has 0 fully saturated rings. The molecule has 0 atom stereocenters. The van der Waals surface area contributed by atoms with Gasteiger partial charge in [0.2, 0.25) is 15.7 Å². The fourth-order valence-corrected chi connectivity index (χ4v) is 3.12. The molecule has 0 aliphatic rings. The van der Waals surface area contributed by atoms with Crippen molar-refractivity contribution < 1.29 is 13.2 Å². The molecule has 2 aromatic rings. The highest BCUT2D eigenvalue weighted by molar-refractivity contribution is 7.95. The first-order valence-corrected chi connectivity index (χ1v) is 8.94. The molecule has 0 radical (unpaired) electrons. The van der Waals surface area contributed by atoms with Gasteiger partial charge in [-0.3, -0.25) is 4.79 Å². The van der Waals surface area contributed by atoms with Crippen molar-refractivity contribution in [1.82, 2.24) is 0 Å². The number of benzene rings is 2. The van der Waals surface area contributed by atoms with Crippen molar-refractivity contribution in [2.45, 2.75) is 11.8 Å². The highest BCUT2D eigenvalue weighted by Gasteiger charge is 2.20. The van der Waals surface area contributed by atoms with Crippen molar-refractivity contribution in [2.75, 3.05) is 10.6 Å². The molecule has 0 aliphatic heterocycles. The van der Waals surface area contributed by atoms with E-state index in [0.29, 0.717) is 16.4 Å². The van der Waals surface area contributed by atoms with Gasteiger partial charge in [-0.05, 0) is 48.5 Å². The van der Waals surface area contributed by atoms with E-state index in [2.05, 4.69) is 10.6 Å². The fraction of sp³-hybridized carbons (Fsp3) is 0.0588. The minimum atomic E-state index is -3.94. The zero-order chi connectivity index (χ0) is 18.4. The average Bonchev–Trinajstić information content (AvgIpc) is 2.56. The summed E-state index contributed by atoms with van der Waals surface area (Å²) in [6.45, 7) is 1.40. The number of nitrogens with zero attached hydrogens (tertiary/aromatic N) is 1. The molecule has 0 saturated carbocycles. The Hall–Kier alpha value is -2.82. The van der Waals surface area contributed by atoms with Crippen LogP contribution >= 0.6 is 11.6 Å². The van der Waals surface area contributed by atoms with E-state index < -0.39 is 14.7 Å². The number of rotatable bonds is 5. The third-order valence-electron chi connectivity index (χ3n) is 3.10. The fourth-order valence-electron chi connectivity index (χ4n) is 1.91. The van der Waals surface area contributed by atoms with Crippen LogP contribution in [0.2, 0.25) is 5.02 Å². The molecule has 0 spiro atoms. The van der Waals surface area contributed by atoms with Gasteiger partial charge >= 0.3 is 0 Å². The van der Waals surface area contributed by atoms with Crippen LogP contribution in [0.3, 0.4) is 0 Å². The standard InChI is InChI=1S/C17H14ClN3O3S/c1-12(22)21-15-6-4-14(5-7-15)20-11-17(10-19)25(23,24)16-8-2-13(18)3-9-16/h2-9,11,20H,1H3,(H,21,22)/b17-11+. The van der Waals surface area contributed by atoms with E-state index in [1.807, 2.05) is 0 Å². The molecule has 2 rings (SSSR count). The third-order valence-corrected chi connectivity index (χ3v) is 5.03. The number of allylic oxidation sites excluding steroid dienone is 1. The molecule has 0 bridgehead atoms. The number of halogens is 1. The van der Waals surface area contributed by atoms with Gasteiger partial charge in [0.15, 0.2) is 4.91 Å². The van der Waals surface area contributed by atoms with Crippen LogP contribution in [0.25, 0.3) is 0 Å². The Kier molecular flexibility index (Phi) is 5.80. The van der Waals surface area contributed by atoms with Crippen molar-refractivity contribution in [2.24, 2.45) is 0 Å². The lowest BCUT2D eigenvalue weighted by atomic mass is 10.3. The summed E-state index contributed by atoms with van der Waals surface area (Å²) >= 11 is 5.75. The number of carbonyl (C=O) groups is 1. The van der Waals surface area contributed by atoms with E-state index >= 15 is 0 Å². The van der Waals surface area contributed by atoms with Gasteiger partial charge in [-0.1, -0.05) is 11.6 Å². The number of sulfone groups is 1. The van der Waals surface area contributed by atoms with Crippen LogP contribution in [0.1, 0.15) is 6.92 Å². The second kappa shape index (κ2) is 7.83. The van der Waals surface area contributed by atoms with E-state index in [0.717, 1.165) is 6.20 Å². The Balaban J connectivity index is 2.21. The van der Waals surface area contributed by atoms with E-state index in [4.69, 9.17) is 11.6 Å². The van der Waals surface area contributed by atoms with Crippen LogP contribution in [0, 0.1) is 11.3 Å². The maximum atomic E-state index is 12.4. The Morgan fingerprint density at radius 1 is 1.08 bits per heavy atom. The molecule has 2 aromatic carbocycles. The molecule has 0 unspecified atom stereocenters. The first-order chi connectivity index (χ1) is 11.8. The molecule has 25 heavy (non-hydrogen) atoms. The minimum Gasteiger partial charge on any atom is -0.360 e. The van der Waals surface area contributed by atoms with Crippen LogP contribution in [0.5, 0.6) is 0 Å². The molecule has 0 heterocycles. The Morgan fingerprint density at radius 3 is 2.16 bits per heavy atom. The van der Waals surface area contributed by atoms with E-state index in [1.54, 1.807) is 30.3 Å². The first kappa shape index (κ1) is 18.5. The molecule has 0 aromatic heterocycles. The second-order valence-electron chi connectivity index (χ2n) is 4.98. The van der Waals surface area contributed by atoms with E-state index in [9.17, 15) is 18.5 Å². The number of anilines is 2. The number of nitrogens with one attached hydrogen (secondary N) is 2. The summed E-state index contributed by atoms with van der Waals surface area (Å²) in [7, 11) is -3.94. The first-order valence-electron chi connectivity index (χ1n) is 7.08. The molecule has 6 nitrogen and oxygen atoms in total. The van der Waals surface area contributed by atoms with Crippen LogP contribution in [-0.4, -0.2) is 14.3 Å². The lowest BCUT2D eigenvalue weighted by Gasteiger charge is -2.06. The monoisotopic (exact) mass is 375 g/mol. The Bertz CT molecular complexity index is 944. The molecule has 0 aliphatic carbocycles. The summed E-state index contributed by atoms with van der Waals surface area (Å²) < 4.78 is 24.9. The number of carbonyl (C=O) groups excluding carboxylic acids is 1. The zero-order valence-electron chi connectivity index (χ0n) is 13.2. The maximum absolute atomic E-state index is 12.4. The van der Waals surface area contributed by atoms with Gasteiger partial charge in [-0.2, -0.15) is 5.26 Å². The predicted molar refractivity (Wildman–Crippen MR) is 96.7 cm³/mol. The van der Waals surface area contributed by atoms with Crippen molar-refractivity contribution >= 4 is 38.7 Å². The number of nitriles is 1. The lowest BCUT2D eigenvalue weighted by molar-refractivity contribution is -0.114. The van der Waals surface area contributed by atoms with Gasteiger partial charge in [0.25, 0.3) is 0 Å². The van der Waals surface area contributed by atoms with Gasteiger partial charge in [-0.15, -0.1) is 0 Å². The minimum absolute atomic E-state index is 0.0208. The zero-order valence-corrected chi connectivity index (χ0v) is 14.7. The maximum Gasteiger partial charge on any atom is 0.221 e. The molecular formula is C17H14ClN3O3S. The van der Waals surface area contributed by atoms with Crippen LogP contribution in [-0.2, 0) is 14.6 Å². The highest BCUT2D eigenvalue weighted by atomic mass is 35.5. The molecule has 0 saturated heterocycles. The van der Waals surface area contributed by atoms with Gasteiger partial charge in [0, 0.05) is 29.5 Å². The number of amides is 1. The predicted octanol–water partition coefficient (Wildman–Crippen LogP) is 3.55. The number of hydrogen-bond donors (Lipinski definition) is 2. The van der Waals surface area contributed by atoms with Crippen LogP contribution in [0.15, 0.2) is 64.5 Å². The highest BCUT2D eigenvalue weighted by Crippen LogP contribution is 2.21. The summed E-state index contributed by atoms with van der Waals surface area (Å²) in [5, 5.41) is 15.0. The normalized spacial score (nSPS) is 11.5. The smallest absolute Gasteiger partial charge is 0.221 e. The number of hydrogen-bond acceptors (Lipinski definition) is 5. The third kappa shape index (κ3) is 4.83. The average molecular weight is 376 g/mol. The second-order valence-corrected chi connectivity index (χ2v) is 7.34. The SMILES string of the molecule is CC(=O)Nc1ccc(N/C=C(\C#N)S(=O)(=O)c2ccc(Cl)cc2)cc1. The Morgan fingerprint density at radius 2 is 1.64 bits per heavy atom. The van der Waals surface area contributed by atoms with Gasteiger partial charge < -0.3 is 10.6 Å². The molecular weight excluding hydrogens is 362 g/mol.